The Morgan fingerprint density at radius 2 is 2.09 bits per heavy atom. The molecule has 2 aromatic heterocycles. The Hall–Kier alpha value is -2.09. The molecule has 4 rings (SSSR count). The van der Waals surface area contributed by atoms with E-state index in [2.05, 4.69) is 20.2 Å². The lowest BCUT2D eigenvalue weighted by Crippen LogP contribution is -2.26. The van der Waals surface area contributed by atoms with Gasteiger partial charge in [-0.3, -0.25) is 0 Å². The Kier molecular flexibility index (Phi) is 3.25. The molecule has 3 atom stereocenters. The second kappa shape index (κ2) is 5.28. The van der Waals surface area contributed by atoms with E-state index in [1.165, 1.54) is 12.4 Å². The third-order valence-electron chi connectivity index (χ3n) is 4.17. The summed E-state index contributed by atoms with van der Waals surface area (Å²) < 4.78 is 24.4. The first-order valence-corrected chi connectivity index (χ1v) is 7.34. The lowest BCUT2D eigenvalue weighted by Gasteiger charge is -2.18. The molecular formula is C14H16FN5O2. The van der Waals surface area contributed by atoms with Gasteiger partial charge in [-0.1, -0.05) is 0 Å². The van der Waals surface area contributed by atoms with Crippen LogP contribution in [0.2, 0.25) is 0 Å². The SMILES string of the molecule is Cc1nnc(C[C@H]2C[C@H]3CN(c4ncc(F)cn4)C[C@H]3O2)o1. The van der Waals surface area contributed by atoms with Crippen molar-refractivity contribution in [3.8, 4) is 0 Å². The van der Waals surface area contributed by atoms with Crippen LogP contribution in [0.1, 0.15) is 18.2 Å². The van der Waals surface area contributed by atoms with Gasteiger partial charge in [0.05, 0.1) is 31.0 Å². The lowest BCUT2D eigenvalue weighted by molar-refractivity contribution is 0.0463. The quantitative estimate of drug-likeness (QED) is 0.841. The van der Waals surface area contributed by atoms with Crippen LogP contribution >= 0.6 is 0 Å². The Labute approximate surface area is 126 Å². The minimum absolute atomic E-state index is 0.117. The van der Waals surface area contributed by atoms with Gasteiger partial charge >= 0.3 is 0 Å². The molecule has 2 aliphatic heterocycles. The largest absolute Gasteiger partial charge is 0.426 e. The van der Waals surface area contributed by atoms with E-state index in [4.69, 9.17) is 9.15 Å². The molecule has 4 heterocycles. The number of rotatable bonds is 3. The lowest BCUT2D eigenvalue weighted by atomic mass is 10.0. The third-order valence-corrected chi connectivity index (χ3v) is 4.17. The Balaban J connectivity index is 1.37. The van der Waals surface area contributed by atoms with E-state index in [1.54, 1.807) is 6.92 Å². The first kappa shape index (κ1) is 13.6. The van der Waals surface area contributed by atoms with E-state index in [0.29, 0.717) is 30.1 Å². The molecule has 0 radical (unpaired) electrons. The fourth-order valence-electron chi connectivity index (χ4n) is 3.24. The molecule has 2 saturated heterocycles. The summed E-state index contributed by atoms with van der Waals surface area (Å²) in [7, 11) is 0. The number of fused-ring (bicyclic) bond motifs is 1. The normalized spacial score (nSPS) is 27.4. The average molecular weight is 305 g/mol. The highest BCUT2D eigenvalue weighted by Gasteiger charge is 2.43. The highest BCUT2D eigenvalue weighted by atomic mass is 19.1. The van der Waals surface area contributed by atoms with Crippen molar-refractivity contribution in [2.75, 3.05) is 18.0 Å². The van der Waals surface area contributed by atoms with Crippen molar-refractivity contribution >= 4 is 5.95 Å². The number of aryl methyl sites for hydroxylation is 1. The Morgan fingerprint density at radius 3 is 2.77 bits per heavy atom. The predicted molar refractivity (Wildman–Crippen MR) is 73.7 cm³/mol. The number of anilines is 1. The van der Waals surface area contributed by atoms with Gasteiger partial charge in [0.15, 0.2) is 5.82 Å². The van der Waals surface area contributed by atoms with Crippen LogP contribution in [-0.4, -0.2) is 45.5 Å². The van der Waals surface area contributed by atoms with Crippen molar-refractivity contribution in [3.05, 3.63) is 30.0 Å². The Morgan fingerprint density at radius 1 is 1.27 bits per heavy atom. The first-order chi connectivity index (χ1) is 10.7. The predicted octanol–water partition coefficient (Wildman–Crippen LogP) is 1.14. The van der Waals surface area contributed by atoms with E-state index in [9.17, 15) is 4.39 Å². The van der Waals surface area contributed by atoms with Gasteiger partial charge in [-0.15, -0.1) is 10.2 Å². The maximum Gasteiger partial charge on any atom is 0.225 e. The van der Waals surface area contributed by atoms with Gasteiger partial charge in [0.2, 0.25) is 17.7 Å². The van der Waals surface area contributed by atoms with Gasteiger partial charge in [0.1, 0.15) is 0 Å². The van der Waals surface area contributed by atoms with Crippen molar-refractivity contribution in [2.45, 2.75) is 32.0 Å². The molecule has 0 bridgehead atoms. The number of ether oxygens (including phenoxy) is 1. The molecule has 0 N–H and O–H groups in total. The monoisotopic (exact) mass is 305 g/mol. The van der Waals surface area contributed by atoms with E-state index in [1.807, 2.05) is 4.90 Å². The molecule has 0 spiro atoms. The van der Waals surface area contributed by atoms with Gasteiger partial charge in [-0.2, -0.15) is 0 Å². The molecule has 0 aliphatic carbocycles. The standard InChI is InChI=1S/C14H16FN5O2/c1-8-18-19-13(21-8)3-11-2-9-6-20(7-12(9)22-11)14-16-4-10(15)5-17-14/h4-5,9,11-12H,2-3,6-7H2,1H3/t9-,11+,12+/m0/s1. The first-order valence-electron chi connectivity index (χ1n) is 7.34. The summed E-state index contributed by atoms with van der Waals surface area (Å²) in [6, 6.07) is 0. The summed E-state index contributed by atoms with van der Waals surface area (Å²) >= 11 is 0. The highest BCUT2D eigenvalue weighted by molar-refractivity contribution is 5.32. The molecule has 0 saturated carbocycles. The highest BCUT2D eigenvalue weighted by Crippen LogP contribution is 2.35. The van der Waals surface area contributed by atoms with Gasteiger partial charge in [-0.25, -0.2) is 14.4 Å². The number of nitrogens with zero attached hydrogens (tertiary/aromatic N) is 5. The molecule has 2 aromatic rings. The minimum atomic E-state index is -0.422. The van der Waals surface area contributed by atoms with E-state index in [0.717, 1.165) is 19.5 Å². The minimum Gasteiger partial charge on any atom is -0.426 e. The molecule has 2 aliphatic rings. The van der Waals surface area contributed by atoms with Crippen LogP contribution in [0.5, 0.6) is 0 Å². The van der Waals surface area contributed by atoms with Gasteiger partial charge in [-0.05, 0) is 6.42 Å². The summed E-state index contributed by atoms with van der Waals surface area (Å²) in [6.45, 7) is 3.34. The van der Waals surface area contributed by atoms with Crippen molar-refractivity contribution < 1.29 is 13.5 Å². The van der Waals surface area contributed by atoms with Gasteiger partial charge in [0, 0.05) is 25.9 Å². The fourth-order valence-corrected chi connectivity index (χ4v) is 3.24. The average Bonchev–Trinajstić information content (AvgIpc) is 3.15. The number of halogens is 1. The van der Waals surface area contributed by atoms with E-state index in [-0.39, 0.29) is 12.2 Å². The molecule has 7 nitrogen and oxygen atoms in total. The van der Waals surface area contributed by atoms with Crippen LogP contribution in [0.25, 0.3) is 0 Å². The molecular weight excluding hydrogens is 289 g/mol. The maximum absolute atomic E-state index is 12.9. The van der Waals surface area contributed by atoms with Gasteiger partial charge < -0.3 is 14.1 Å². The molecule has 116 valence electrons. The summed E-state index contributed by atoms with van der Waals surface area (Å²) in [4.78, 5) is 10.1. The van der Waals surface area contributed by atoms with Crippen molar-refractivity contribution in [1.82, 2.24) is 20.2 Å². The summed E-state index contributed by atoms with van der Waals surface area (Å²) in [5.41, 5.74) is 0. The zero-order valence-corrected chi connectivity index (χ0v) is 12.1. The second-order valence-electron chi connectivity index (χ2n) is 5.82. The van der Waals surface area contributed by atoms with Crippen LogP contribution in [0.15, 0.2) is 16.8 Å². The molecule has 0 amide bonds. The van der Waals surface area contributed by atoms with Crippen LogP contribution in [0.4, 0.5) is 10.3 Å². The topological polar surface area (TPSA) is 77.2 Å². The molecule has 0 aromatic carbocycles. The molecule has 22 heavy (non-hydrogen) atoms. The van der Waals surface area contributed by atoms with Crippen LogP contribution < -0.4 is 4.90 Å². The third kappa shape index (κ3) is 2.54. The van der Waals surface area contributed by atoms with Crippen molar-refractivity contribution in [2.24, 2.45) is 5.92 Å². The summed E-state index contributed by atoms with van der Waals surface area (Å²) in [6.07, 6.45) is 4.26. The zero-order valence-electron chi connectivity index (χ0n) is 12.1. The number of hydrogen-bond acceptors (Lipinski definition) is 7. The smallest absolute Gasteiger partial charge is 0.225 e. The molecule has 2 fully saturated rings. The van der Waals surface area contributed by atoms with E-state index >= 15 is 0 Å². The fraction of sp³-hybridized carbons (Fsp3) is 0.571. The van der Waals surface area contributed by atoms with Crippen LogP contribution in [-0.2, 0) is 11.2 Å². The summed E-state index contributed by atoms with van der Waals surface area (Å²) in [5.74, 6) is 1.77. The number of aromatic nitrogens is 4. The second-order valence-corrected chi connectivity index (χ2v) is 5.82. The Bertz CT molecular complexity index is 648. The van der Waals surface area contributed by atoms with Gasteiger partial charge in [0.25, 0.3) is 0 Å². The van der Waals surface area contributed by atoms with Crippen LogP contribution in [0, 0.1) is 18.7 Å². The summed E-state index contributed by atoms with van der Waals surface area (Å²) in [5, 5.41) is 7.84. The van der Waals surface area contributed by atoms with E-state index < -0.39 is 5.82 Å². The maximum atomic E-state index is 12.9. The van der Waals surface area contributed by atoms with Crippen molar-refractivity contribution in [1.29, 1.82) is 0 Å². The zero-order chi connectivity index (χ0) is 15.1. The molecule has 0 unspecified atom stereocenters. The number of hydrogen-bond donors (Lipinski definition) is 0. The van der Waals surface area contributed by atoms with Crippen LogP contribution in [0.3, 0.4) is 0 Å². The van der Waals surface area contributed by atoms with Crippen molar-refractivity contribution in [3.63, 3.8) is 0 Å². The molecule has 8 heteroatoms.